The van der Waals surface area contributed by atoms with Crippen LogP contribution in [-0.4, -0.2) is 69.0 Å². The number of aryl methyl sites for hydroxylation is 2. The van der Waals surface area contributed by atoms with Gasteiger partial charge in [-0.05, 0) is 92.9 Å². The Kier molecular flexibility index (Phi) is 8.71. The summed E-state index contributed by atoms with van der Waals surface area (Å²) in [5, 5.41) is 27.9. The minimum absolute atomic E-state index is 0.311. The van der Waals surface area contributed by atoms with Crippen LogP contribution in [0.4, 0.5) is 0 Å². The van der Waals surface area contributed by atoms with Crippen LogP contribution in [0, 0.1) is 13.8 Å². The minimum atomic E-state index is -1.82. The molecule has 0 aliphatic carbocycles. The number of likely N-dealkylation sites (tertiary alicyclic amines) is 1. The molecule has 1 aliphatic rings. The van der Waals surface area contributed by atoms with Crippen molar-refractivity contribution >= 4 is 44.3 Å². The number of aliphatic hydroxyl groups excluding tert-OH is 1. The fourth-order valence-electron chi connectivity index (χ4n) is 5.15. The molecule has 202 valence electrons. The molecule has 8 nitrogen and oxygen atoms in total. The van der Waals surface area contributed by atoms with Gasteiger partial charge in [0.15, 0.2) is 0 Å². The normalized spacial score (nSPS) is 18.6. The first-order valence-electron chi connectivity index (χ1n) is 12.7. The fraction of sp³-hybridized carbons (Fsp3) is 0.379. The molecule has 0 unspecified atom stereocenters. The first kappa shape index (κ1) is 27.6. The lowest BCUT2D eigenvalue weighted by atomic mass is 9.89. The maximum absolute atomic E-state index is 10.7. The highest BCUT2D eigenvalue weighted by atomic mass is 32.1. The number of carboxylic acid groups (broad SMARTS) is 2. The van der Waals surface area contributed by atoms with Crippen molar-refractivity contribution < 1.29 is 29.6 Å². The van der Waals surface area contributed by atoms with E-state index in [4.69, 9.17) is 24.5 Å². The van der Waals surface area contributed by atoms with E-state index in [0.717, 1.165) is 36.0 Å². The Balaban J connectivity index is 0.000000505. The maximum Gasteiger partial charge on any atom is 0.414 e. The lowest BCUT2D eigenvalue weighted by Crippen LogP contribution is -2.45. The number of aliphatic hydroxyl groups is 1. The molecule has 3 heterocycles. The Hall–Kier alpha value is -3.40. The number of aromatic nitrogens is 1. The molecule has 1 fully saturated rings. The van der Waals surface area contributed by atoms with Gasteiger partial charge in [-0.15, -0.1) is 11.3 Å². The molecule has 0 radical (unpaired) electrons. The molecule has 2 aromatic heterocycles. The predicted octanol–water partition coefficient (Wildman–Crippen LogP) is 5.16. The molecular weight excluding hydrogens is 504 g/mol. The number of nitrogens with zero attached hydrogens (tertiary/aromatic N) is 1. The lowest BCUT2D eigenvalue weighted by molar-refractivity contribution is -0.159. The Labute approximate surface area is 225 Å². The summed E-state index contributed by atoms with van der Waals surface area (Å²) in [5.41, 5.74) is 3.78. The van der Waals surface area contributed by atoms with Crippen LogP contribution in [0.3, 0.4) is 0 Å². The number of benzene rings is 2. The van der Waals surface area contributed by atoms with E-state index in [9.17, 15) is 5.11 Å². The summed E-state index contributed by atoms with van der Waals surface area (Å²) in [4.78, 5) is 25.3. The molecule has 0 bridgehead atoms. The van der Waals surface area contributed by atoms with Crippen LogP contribution < -0.4 is 4.74 Å². The van der Waals surface area contributed by atoms with Gasteiger partial charge < -0.3 is 25.0 Å². The lowest BCUT2D eigenvalue weighted by Gasteiger charge is -2.38. The molecule has 4 aromatic rings. The van der Waals surface area contributed by atoms with Crippen molar-refractivity contribution in [3.05, 3.63) is 64.7 Å². The van der Waals surface area contributed by atoms with E-state index >= 15 is 0 Å². The third kappa shape index (κ3) is 6.53. The third-order valence-corrected chi connectivity index (χ3v) is 8.28. The molecule has 38 heavy (non-hydrogen) atoms. The number of hydrogen-bond acceptors (Lipinski definition) is 6. The molecule has 9 heteroatoms. The van der Waals surface area contributed by atoms with Crippen LogP contribution in [-0.2, 0) is 9.59 Å². The molecule has 0 amide bonds. The summed E-state index contributed by atoms with van der Waals surface area (Å²) in [6.07, 6.45) is 3.70. The fourth-order valence-corrected chi connectivity index (χ4v) is 6.54. The molecule has 1 aliphatic heterocycles. The topological polar surface area (TPSA) is 123 Å². The zero-order valence-electron chi connectivity index (χ0n) is 21.8. The van der Waals surface area contributed by atoms with Crippen molar-refractivity contribution in [3.8, 4) is 5.75 Å². The molecule has 4 N–H and O–H groups in total. The van der Waals surface area contributed by atoms with Gasteiger partial charge >= 0.3 is 11.9 Å². The first-order valence-corrected chi connectivity index (χ1v) is 13.5. The van der Waals surface area contributed by atoms with Crippen LogP contribution >= 0.6 is 11.3 Å². The van der Waals surface area contributed by atoms with Crippen molar-refractivity contribution in [1.82, 2.24) is 9.88 Å². The standard InChI is InChI=1S/C27H32N2O2S.C2H2O4/c1-17-11-18(2)23-14-26(32-27(23)12-17)20-8-10-29(19(3)13-20)15-21(30)16-31-25-6-4-5-24-22(25)7-9-28-24;3-1(4)2(5)6/h4-7,9,11-12,14,19-21,28,30H,8,10,13,15-16H2,1-3H3;(H,3,4)(H,5,6)/t19-,20+,21-;/m0./s1. The molecular formula is C29H34N2O6S. The van der Waals surface area contributed by atoms with Gasteiger partial charge in [0.2, 0.25) is 0 Å². The van der Waals surface area contributed by atoms with E-state index < -0.39 is 18.0 Å². The average molecular weight is 539 g/mol. The number of thiophene rings is 1. The molecule has 0 spiro atoms. The number of H-pyrrole nitrogens is 1. The molecule has 3 atom stereocenters. The maximum atomic E-state index is 10.7. The first-order chi connectivity index (χ1) is 18.1. The van der Waals surface area contributed by atoms with Gasteiger partial charge in [0, 0.05) is 39.3 Å². The highest BCUT2D eigenvalue weighted by Crippen LogP contribution is 2.39. The van der Waals surface area contributed by atoms with Crippen LogP contribution in [0.15, 0.2) is 48.7 Å². The van der Waals surface area contributed by atoms with Crippen LogP contribution in [0.25, 0.3) is 21.0 Å². The number of fused-ring (bicyclic) bond motifs is 2. The van der Waals surface area contributed by atoms with Crippen molar-refractivity contribution in [3.63, 3.8) is 0 Å². The Bertz CT molecular complexity index is 1420. The Morgan fingerprint density at radius 3 is 2.61 bits per heavy atom. The number of aliphatic carboxylic acids is 2. The number of rotatable bonds is 6. The second-order valence-electron chi connectivity index (χ2n) is 9.98. The number of hydrogen-bond donors (Lipinski definition) is 4. The molecule has 1 saturated heterocycles. The quantitative estimate of drug-likeness (QED) is 0.250. The number of ether oxygens (including phenoxy) is 1. The molecule has 5 rings (SSSR count). The minimum Gasteiger partial charge on any atom is -0.490 e. The molecule has 0 saturated carbocycles. The van der Waals surface area contributed by atoms with Crippen molar-refractivity contribution in [2.75, 3.05) is 19.7 Å². The Morgan fingerprint density at radius 1 is 1.13 bits per heavy atom. The van der Waals surface area contributed by atoms with Gasteiger partial charge in [0.25, 0.3) is 0 Å². The van der Waals surface area contributed by atoms with E-state index in [1.165, 1.54) is 26.1 Å². The average Bonchev–Trinajstić information content (AvgIpc) is 3.52. The van der Waals surface area contributed by atoms with Crippen LogP contribution in [0.2, 0.25) is 0 Å². The van der Waals surface area contributed by atoms with Gasteiger partial charge in [-0.25, -0.2) is 9.59 Å². The summed E-state index contributed by atoms with van der Waals surface area (Å²) < 4.78 is 7.38. The second kappa shape index (κ2) is 12.0. The summed E-state index contributed by atoms with van der Waals surface area (Å²) in [6.45, 7) is 8.68. The number of carboxylic acids is 2. The summed E-state index contributed by atoms with van der Waals surface area (Å²) in [5.74, 6) is -2.22. The number of β-amino-alcohol motifs (C(OH)–C–C–N with tert-alkyl or cyclic N) is 1. The van der Waals surface area contributed by atoms with E-state index in [1.807, 2.05) is 41.8 Å². The van der Waals surface area contributed by atoms with Gasteiger partial charge in [-0.2, -0.15) is 0 Å². The predicted molar refractivity (Wildman–Crippen MR) is 149 cm³/mol. The summed E-state index contributed by atoms with van der Waals surface area (Å²) in [7, 11) is 0. The van der Waals surface area contributed by atoms with E-state index in [0.29, 0.717) is 25.1 Å². The number of nitrogens with one attached hydrogen (secondary N) is 1. The number of aromatic amines is 1. The van der Waals surface area contributed by atoms with Crippen LogP contribution in [0.5, 0.6) is 5.75 Å². The summed E-state index contributed by atoms with van der Waals surface area (Å²) in [6, 6.07) is 15.5. The zero-order chi connectivity index (χ0) is 27.4. The van der Waals surface area contributed by atoms with Gasteiger partial charge in [-0.3, -0.25) is 4.90 Å². The van der Waals surface area contributed by atoms with Crippen molar-refractivity contribution in [2.45, 2.75) is 51.7 Å². The monoisotopic (exact) mass is 538 g/mol. The second-order valence-corrected chi connectivity index (χ2v) is 11.1. The Morgan fingerprint density at radius 2 is 1.89 bits per heavy atom. The smallest absolute Gasteiger partial charge is 0.414 e. The highest BCUT2D eigenvalue weighted by Gasteiger charge is 2.29. The molecule has 2 aromatic carbocycles. The van der Waals surface area contributed by atoms with Gasteiger partial charge in [-0.1, -0.05) is 12.1 Å². The SMILES string of the molecule is Cc1cc(C)c2cc([C@@H]3CCN(C[C@H](O)COc4cccc5[nH]ccc45)[C@@H](C)C3)sc2c1.O=C(O)C(=O)O. The number of carbonyl (C=O) groups is 2. The van der Waals surface area contributed by atoms with Crippen molar-refractivity contribution in [2.24, 2.45) is 0 Å². The van der Waals surface area contributed by atoms with Crippen molar-refractivity contribution in [1.29, 1.82) is 0 Å². The largest absolute Gasteiger partial charge is 0.490 e. The summed E-state index contributed by atoms with van der Waals surface area (Å²) >= 11 is 1.97. The van der Waals surface area contributed by atoms with E-state index in [-0.39, 0.29) is 0 Å². The highest BCUT2D eigenvalue weighted by molar-refractivity contribution is 7.19. The number of piperidine rings is 1. The van der Waals surface area contributed by atoms with E-state index in [1.54, 1.807) is 0 Å². The zero-order valence-corrected chi connectivity index (χ0v) is 22.6. The third-order valence-electron chi connectivity index (χ3n) is 7.04. The van der Waals surface area contributed by atoms with Crippen LogP contribution in [0.1, 0.15) is 41.7 Å². The van der Waals surface area contributed by atoms with E-state index in [2.05, 4.69) is 48.9 Å². The van der Waals surface area contributed by atoms with Gasteiger partial charge in [0.1, 0.15) is 18.5 Å². The van der Waals surface area contributed by atoms with Gasteiger partial charge in [0.05, 0.1) is 0 Å².